The van der Waals surface area contributed by atoms with E-state index in [4.69, 9.17) is 11.6 Å². The number of hydrazine groups is 2. The first-order chi connectivity index (χ1) is 5.09. The molecule has 0 atom stereocenters. The van der Waals surface area contributed by atoms with Crippen LogP contribution < -0.4 is 17.0 Å². The molecule has 5 heteroatoms. The summed E-state index contributed by atoms with van der Waals surface area (Å²) in [5.74, 6) is 6.16. The van der Waals surface area contributed by atoms with E-state index in [1.807, 2.05) is 13.8 Å². The first-order valence-corrected chi connectivity index (χ1v) is 3.46. The molecule has 0 unspecified atom stereocenters. The van der Waals surface area contributed by atoms with Gasteiger partial charge < -0.3 is 5.73 Å². The van der Waals surface area contributed by atoms with Crippen LogP contribution in [0.2, 0.25) is 0 Å². The maximum atomic E-state index is 5.47. The van der Waals surface area contributed by atoms with Crippen molar-refractivity contribution in [3.05, 3.63) is 11.8 Å². The Labute approximate surface area is 65.7 Å². The van der Waals surface area contributed by atoms with E-state index in [9.17, 15) is 0 Å². The Morgan fingerprint density at radius 3 is 2.73 bits per heavy atom. The third kappa shape index (κ3) is 1.84. The van der Waals surface area contributed by atoms with Gasteiger partial charge in [-0.15, -0.1) is 10.3 Å². The van der Waals surface area contributed by atoms with Crippen LogP contribution in [0.3, 0.4) is 0 Å². The molecule has 0 saturated heterocycles. The maximum Gasteiger partial charge on any atom is 0.148 e. The third-order valence-corrected chi connectivity index (χ3v) is 1.39. The minimum Gasteiger partial charge on any atom is -0.382 e. The van der Waals surface area contributed by atoms with Gasteiger partial charge in [-0.25, -0.2) is 5.84 Å². The number of nitrogens with zero attached hydrogens (tertiary/aromatic N) is 2. The summed E-state index contributed by atoms with van der Waals surface area (Å²) in [5, 5.41) is 4.85. The van der Waals surface area contributed by atoms with Crippen molar-refractivity contribution >= 4 is 5.84 Å². The van der Waals surface area contributed by atoms with E-state index in [0.717, 1.165) is 10.9 Å². The van der Waals surface area contributed by atoms with Gasteiger partial charge >= 0.3 is 0 Å². The third-order valence-electron chi connectivity index (χ3n) is 1.39. The number of hydrazone groups is 1. The highest BCUT2D eigenvalue weighted by Gasteiger charge is 2.10. The molecule has 0 spiro atoms. The molecule has 62 valence electrons. The summed E-state index contributed by atoms with van der Waals surface area (Å²) in [6, 6.07) is 0. The fraction of sp³-hybridized carbons (Fsp3) is 0.500. The van der Waals surface area contributed by atoms with Crippen LogP contribution in [0.1, 0.15) is 13.8 Å². The van der Waals surface area contributed by atoms with Gasteiger partial charge in [-0.2, -0.15) is 0 Å². The van der Waals surface area contributed by atoms with Gasteiger partial charge in [0, 0.05) is 11.8 Å². The van der Waals surface area contributed by atoms with Gasteiger partial charge in [0.1, 0.15) is 5.84 Å². The summed E-state index contributed by atoms with van der Waals surface area (Å²) < 4.78 is 0. The summed E-state index contributed by atoms with van der Waals surface area (Å²) in [7, 11) is 0. The molecular weight excluding hydrogens is 142 g/mol. The van der Waals surface area contributed by atoms with Crippen molar-refractivity contribution in [3.63, 3.8) is 0 Å². The Morgan fingerprint density at radius 2 is 2.27 bits per heavy atom. The quantitative estimate of drug-likeness (QED) is 0.446. The van der Waals surface area contributed by atoms with Crippen molar-refractivity contribution in [2.24, 2.45) is 22.6 Å². The van der Waals surface area contributed by atoms with E-state index in [1.54, 1.807) is 6.08 Å². The van der Waals surface area contributed by atoms with Crippen LogP contribution in [0.15, 0.2) is 16.9 Å². The largest absolute Gasteiger partial charge is 0.382 e. The molecule has 1 aliphatic heterocycles. The normalized spacial score (nSPS) is 17.6. The molecule has 0 aromatic rings. The van der Waals surface area contributed by atoms with Crippen LogP contribution >= 0.6 is 0 Å². The molecule has 1 heterocycles. The number of rotatable bonds is 1. The number of hydrogen-bond donors (Lipinski definition) is 3. The zero-order valence-corrected chi connectivity index (χ0v) is 6.70. The lowest BCUT2D eigenvalue weighted by Gasteiger charge is -2.23. The second kappa shape index (κ2) is 2.79. The fourth-order valence-corrected chi connectivity index (χ4v) is 0.798. The first-order valence-electron chi connectivity index (χ1n) is 3.46. The van der Waals surface area contributed by atoms with Gasteiger partial charge in [0.15, 0.2) is 0 Å². The molecule has 1 rings (SSSR count). The summed E-state index contributed by atoms with van der Waals surface area (Å²) in [4.78, 5) is 0. The SMILES string of the molecule is CC(C)C1=CC(N)=NN(N)N1. The first kappa shape index (κ1) is 7.87. The van der Waals surface area contributed by atoms with E-state index in [0.29, 0.717) is 11.8 Å². The topological polar surface area (TPSA) is 79.7 Å². The van der Waals surface area contributed by atoms with E-state index >= 15 is 0 Å². The Kier molecular flexibility index (Phi) is 2.00. The highest BCUT2D eigenvalue weighted by Crippen LogP contribution is 2.07. The molecule has 0 aromatic carbocycles. The summed E-state index contributed by atoms with van der Waals surface area (Å²) >= 11 is 0. The van der Waals surface area contributed by atoms with Crippen molar-refractivity contribution in [3.8, 4) is 0 Å². The molecule has 0 aromatic heterocycles. The molecule has 0 aliphatic carbocycles. The van der Waals surface area contributed by atoms with Crippen LogP contribution in [0.5, 0.6) is 0 Å². The van der Waals surface area contributed by atoms with Gasteiger partial charge in [-0.05, 0) is 5.92 Å². The van der Waals surface area contributed by atoms with Gasteiger partial charge in [0.2, 0.25) is 0 Å². The molecule has 0 bridgehead atoms. The van der Waals surface area contributed by atoms with Crippen LogP contribution in [0, 0.1) is 5.92 Å². The molecule has 11 heavy (non-hydrogen) atoms. The van der Waals surface area contributed by atoms with Gasteiger partial charge in [0.05, 0.1) is 0 Å². The second-order valence-electron chi connectivity index (χ2n) is 2.74. The number of hydrogen-bond acceptors (Lipinski definition) is 5. The van der Waals surface area contributed by atoms with E-state index in [-0.39, 0.29) is 0 Å². The molecule has 5 nitrogen and oxygen atoms in total. The maximum absolute atomic E-state index is 5.47. The van der Waals surface area contributed by atoms with Crippen molar-refractivity contribution in [1.82, 2.24) is 10.7 Å². The van der Waals surface area contributed by atoms with Gasteiger partial charge in [-0.1, -0.05) is 13.8 Å². The van der Waals surface area contributed by atoms with Crippen LogP contribution in [0.25, 0.3) is 0 Å². The fourth-order valence-electron chi connectivity index (χ4n) is 0.798. The Morgan fingerprint density at radius 1 is 1.64 bits per heavy atom. The van der Waals surface area contributed by atoms with E-state index < -0.39 is 0 Å². The van der Waals surface area contributed by atoms with Crippen molar-refractivity contribution in [2.75, 3.05) is 0 Å². The lowest BCUT2D eigenvalue weighted by Crippen LogP contribution is -2.44. The summed E-state index contributed by atoms with van der Waals surface area (Å²) in [6.07, 6.45) is 1.77. The second-order valence-corrected chi connectivity index (χ2v) is 2.74. The number of nitrogens with two attached hydrogens (primary N) is 2. The summed E-state index contributed by atoms with van der Waals surface area (Å²) in [5.41, 5.74) is 9.29. The standard InChI is InChI=1S/C6H13N5/c1-4(2)5-3-6(7)10-11(8)9-5/h3-4,9H,8H2,1-2H3,(H2,7,10). The average Bonchev–Trinajstić information content (AvgIpc) is 1.85. The van der Waals surface area contributed by atoms with Gasteiger partial charge in [-0.3, -0.25) is 5.43 Å². The van der Waals surface area contributed by atoms with Crippen molar-refractivity contribution in [2.45, 2.75) is 13.8 Å². The number of allylic oxidation sites excluding steroid dienone is 1. The minimum atomic E-state index is 0.370. The Balaban J connectivity index is 2.76. The molecule has 0 amide bonds. The minimum absolute atomic E-state index is 0.370. The Bertz CT molecular complexity index is 205. The zero-order valence-electron chi connectivity index (χ0n) is 6.70. The average molecular weight is 155 g/mol. The summed E-state index contributed by atoms with van der Waals surface area (Å²) in [6.45, 7) is 4.09. The highest BCUT2D eigenvalue weighted by atomic mass is 15.8. The predicted octanol–water partition coefficient (Wildman–Crippen LogP) is -0.508. The zero-order chi connectivity index (χ0) is 8.43. The molecule has 1 aliphatic rings. The molecule has 0 fully saturated rings. The van der Waals surface area contributed by atoms with E-state index in [2.05, 4.69) is 10.5 Å². The number of amidine groups is 1. The van der Waals surface area contributed by atoms with Crippen molar-refractivity contribution in [1.29, 1.82) is 0 Å². The molecule has 5 N–H and O–H groups in total. The Hall–Kier alpha value is -1.23. The molecule has 0 radical (unpaired) electrons. The van der Waals surface area contributed by atoms with Crippen LogP contribution in [-0.2, 0) is 0 Å². The van der Waals surface area contributed by atoms with Crippen LogP contribution in [0.4, 0.5) is 0 Å². The molecule has 0 saturated carbocycles. The lowest BCUT2D eigenvalue weighted by atomic mass is 10.1. The lowest BCUT2D eigenvalue weighted by molar-refractivity contribution is 0.215. The molecular formula is C6H13N5. The van der Waals surface area contributed by atoms with Crippen molar-refractivity contribution < 1.29 is 0 Å². The van der Waals surface area contributed by atoms with Crippen LogP contribution in [-0.4, -0.2) is 11.1 Å². The predicted molar refractivity (Wildman–Crippen MR) is 43.7 cm³/mol. The number of nitrogens with one attached hydrogen (secondary N) is 1. The monoisotopic (exact) mass is 155 g/mol. The highest BCUT2D eigenvalue weighted by molar-refractivity contribution is 5.92. The smallest absolute Gasteiger partial charge is 0.148 e. The van der Waals surface area contributed by atoms with E-state index in [1.165, 1.54) is 0 Å². The van der Waals surface area contributed by atoms with Gasteiger partial charge in [0.25, 0.3) is 0 Å².